The highest BCUT2D eigenvalue weighted by atomic mass is 16.5. The zero-order chi connectivity index (χ0) is 15.4. The fourth-order valence-corrected chi connectivity index (χ4v) is 2.61. The molecule has 3 aromatic carbocycles. The van der Waals surface area contributed by atoms with E-state index in [0.717, 1.165) is 17.6 Å². The Balaban J connectivity index is 1.81. The third-order valence-corrected chi connectivity index (χ3v) is 3.90. The maximum absolute atomic E-state index is 10.5. The maximum Gasteiger partial charge on any atom is 0.124 e. The summed E-state index contributed by atoms with van der Waals surface area (Å²) in [4.78, 5) is 10.5. The molecular formula is C20H18O2. The van der Waals surface area contributed by atoms with Crippen molar-refractivity contribution in [2.45, 2.75) is 20.0 Å². The van der Waals surface area contributed by atoms with Gasteiger partial charge in [0.15, 0.2) is 0 Å². The van der Waals surface area contributed by atoms with Crippen molar-refractivity contribution in [3.05, 3.63) is 77.4 Å². The molecule has 0 aliphatic carbocycles. The topological polar surface area (TPSA) is 26.3 Å². The summed E-state index contributed by atoms with van der Waals surface area (Å²) in [5.41, 5.74) is 3.45. The summed E-state index contributed by atoms with van der Waals surface area (Å²) >= 11 is 0. The fourth-order valence-electron chi connectivity index (χ4n) is 2.61. The zero-order valence-corrected chi connectivity index (χ0v) is 12.6. The quantitative estimate of drug-likeness (QED) is 0.648. The standard InChI is InChI=1S/C20H18O2/c1-15-6-9-17-4-2-3-5-19(17)20(15)14-22-18-10-7-16(8-11-18)12-13-21/h2-11,13H,12,14H2,1H3. The molecule has 110 valence electrons. The number of rotatable bonds is 5. The van der Waals surface area contributed by atoms with E-state index >= 15 is 0 Å². The molecule has 2 heteroatoms. The van der Waals surface area contributed by atoms with Crippen LogP contribution in [0.15, 0.2) is 60.7 Å². The molecule has 0 fully saturated rings. The van der Waals surface area contributed by atoms with Crippen molar-refractivity contribution >= 4 is 17.1 Å². The molecule has 22 heavy (non-hydrogen) atoms. The summed E-state index contributed by atoms with van der Waals surface area (Å²) in [5.74, 6) is 0.821. The highest BCUT2D eigenvalue weighted by molar-refractivity contribution is 5.86. The normalized spacial score (nSPS) is 10.6. The first-order valence-corrected chi connectivity index (χ1v) is 7.40. The van der Waals surface area contributed by atoms with Gasteiger partial charge in [0.2, 0.25) is 0 Å². The van der Waals surface area contributed by atoms with Gasteiger partial charge in [-0.3, -0.25) is 0 Å². The Bertz CT molecular complexity index is 788. The van der Waals surface area contributed by atoms with Gasteiger partial charge in [0.05, 0.1) is 0 Å². The lowest BCUT2D eigenvalue weighted by Crippen LogP contribution is -1.99. The van der Waals surface area contributed by atoms with Crippen LogP contribution in [0.3, 0.4) is 0 Å². The minimum absolute atomic E-state index is 0.447. The van der Waals surface area contributed by atoms with E-state index < -0.39 is 0 Å². The Morgan fingerprint density at radius 3 is 2.50 bits per heavy atom. The first kappa shape index (κ1) is 14.3. The molecule has 0 N–H and O–H groups in total. The Morgan fingerprint density at radius 2 is 1.73 bits per heavy atom. The monoisotopic (exact) mass is 290 g/mol. The second kappa shape index (κ2) is 6.44. The van der Waals surface area contributed by atoms with E-state index in [1.165, 1.54) is 21.9 Å². The third-order valence-electron chi connectivity index (χ3n) is 3.90. The molecule has 3 aromatic rings. The van der Waals surface area contributed by atoms with Gasteiger partial charge >= 0.3 is 0 Å². The molecule has 0 atom stereocenters. The van der Waals surface area contributed by atoms with Crippen LogP contribution in [0, 0.1) is 6.92 Å². The Labute approximate surface area is 130 Å². The van der Waals surface area contributed by atoms with Crippen LogP contribution in [0.2, 0.25) is 0 Å². The molecule has 0 saturated carbocycles. The van der Waals surface area contributed by atoms with Crippen LogP contribution < -0.4 is 4.74 Å². The van der Waals surface area contributed by atoms with E-state index in [-0.39, 0.29) is 0 Å². The number of carbonyl (C=O) groups excluding carboxylic acids is 1. The third kappa shape index (κ3) is 3.01. The summed E-state index contributed by atoms with van der Waals surface area (Å²) in [6, 6.07) is 20.3. The zero-order valence-electron chi connectivity index (χ0n) is 12.6. The first-order valence-electron chi connectivity index (χ1n) is 7.40. The molecule has 0 aromatic heterocycles. The van der Waals surface area contributed by atoms with E-state index in [1.807, 2.05) is 30.3 Å². The van der Waals surface area contributed by atoms with Crippen molar-refractivity contribution in [1.29, 1.82) is 0 Å². The van der Waals surface area contributed by atoms with Gasteiger partial charge in [-0.2, -0.15) is 0 Å². The highest BCUT2D eigenvalue weighted by Crippen LogP contribution is 2.24. The van der Waals surface area contributed by atoms with Gasteiger partial charge in [0.1, 0.15) is 18.6 Å². The highest BCUT2D eigenvalue weighted by Gasteiger charge is 2.05. The first-order chi connectivity index (χ1) is 10.8. The second-order valence-corrected chi connectivity index (χ2v) is 5.39. The summed E-state index contributed by atoms with van der Waals surface area (Å²) < 4.78 is 5.93. The Kier molecular flexibility index (Phi) is 4.19. The number of hydrogen-bond donors (Lipinski definition) is 0. The number of fused-ring (bicyclic) bond motifs is 1. The minimum Gasteiger partial charge on any atom is -0.489 e. The Morgan fingerprint density at radius 1 is 0.955 bits per heavy atom. The smallest absolute Gasteiger partial charge is 0.124 e. The maximum atomic E-state index is 10.5. The van der Waals surface area contributed by atoms with Crippen LogP contribution in [0.4, 0.5) is 0 Å². The van der Waals surface area contributed by atoms with Gasteiger partial charge in [0.25, 0.3) is 0 Å². The molecule has 2 nitrogen and oxygen atoms in total. The van der Waals surface area contributed by atoms with Crippen LogP contribution in [0.25, 0.3) is 10.8 Å². The number of carbonyl (C=O) groups is 1. The lowest BCUT2D eigenvalue weighted by molar-refractivity contribution is -0.107. The van der Waals surface area contributed by atoms with Crippen molar-refractivity contribution in [3.8, 4) is 5.75 Å². The molecular weight excluding hydrogens is 272 g/mol. The number of aryl methyl sites for hydroxylation is 1. The van der Waals surface area contributed by atoms with Gasteiger partial charge in [-0.25, -0.2) is 0 Å². The van der Waals surface area contributed by atoms with E-state index in [0.29, 0.717) is 13.0 Å². The lowest BCUT2D eigenvalue weighted by Gasteiger charge is -2.12. The van der Waals surface area contributed by atoms with Crippen LogP contribution >= 0.6 is 0 Å². The molecule has 0 amide bonds. The van der Waals surface area contributed by atoms with E-state index in [4.69, 9.17) is 4.74 Å². The van der Waals surface area contributed by atoms with Crippen molar-refractivity contribution in [2.75, 3.05) is 0 Å². The van der Waals surface area contributed by atoms with Gasteiger partial charge in [-0.05, 0) is 41.0 Å². The van der Waals surface area contributed by atoms with E-state index in [2.05, 4.69) is 37.3 Å². The Hall–Kier alpha value is -2.61. The predicted molar refractivity (Wildman–Crippen MR) is 89.2 cm³/mol. The molecule has 3 rings (SSSR count). The van der Waals surface area contributed by atoms with Crippen molar-refractivity contribution in [1.82, 2.24) is 0 Å². The largest absolute Gasteiger partial charge is 0.489 e. The van der Waals surface area contributed by atoms with Gasteiger partial charge < -0.3 is 9.53 Å². The summed E-state index contributed by atoms with van der Waals surface area (Å²) in [6.07, 6.45) is 1.36. The van der Waals surface area contributed by atoms with Crippen LogP contribution in [-0.4, -0.2) is 6.29 Å². The fraction of sp³-hybridized carbons (Fsp3) is 0.150. The van der Waals surface area contributed by atoms with E-state index in [1.54, 1.807) is 0 Å². The number of ether oxygens (including phenoxy) is 1. The van der Waals surface area contributed by atoms with E-state index in [9.17, 15) is 4.79 Å². The molecule has 0 spiro atoms. The minimum atomic E-state index is 0.447. The van der Waals surface area contributed by atoms with Gasteiger partial charge in [0, 0.05) is 12.0 Å². The van der Waals surface area contributed by atoms with Crippen molar-refractivity contribution < 1.29 is 9.53 Å². The molecule has 0 saturated heterocycles. The SMILES string of the molecule is Cc1ccc2ccccc2c1COc1ccc(CC=O)cc1. The second-order valence-electron chi connectivity index (χ2n) is 5.39. The molecule has 0 aliphatic rings. The molecule has 0 radical (unpaired) electrons. The summed E-state index contributed by atoms with van der Waals surface area (Å²) in [5, 5.41) is 2.47. The average Bonchev–Trinajstić information content (AvgIpc) is 2.56. The lowest BCUT2D eigenvalue weighted by atomic mass is 10.0. The number of benzene rings is 3. The van der Waals surface area contributed by atoms with Crippen LogP contribution in [0.5, 0.6) is 5.75 Å². The van der Waals surface area contributed by atoms with Crippen LogP contribution in [0.1, 0.15) is 16.7 Å². The van der Waals surface area contributed by atoms with Gasteiger partial charge in [-0.15, -0.1) is 0 Å². The molecule has 0 unspecified atom stereocenters. The number of aldehydes is 1. The molecule has 0 bridgehead atoms. The molecule has 0 aliphatic heterocycles. The number of hydrogen-bond acceptors (Lipinski definition) is 2. The van der Waals surface area contributed by atoms with Gasteiger partial charge in [-0.1, -0.05) is 48.5 Å². The predicted octanol–water partition coefficient (Wildman–Crippen LogP) is 4.47. The van der Waals surface area contributed by atoms with Crippen molar-refractivity contribution in [2.24, 2.45) is 0 Å². The average molecular weight is 290 g/mol. The summed E-state index contributed by atoms with van der Waals surface area (Å²) in [6.45, 7) is 2.65. The summed E-state index contributed by atoms with van der Waals surface area (Å²) in [7, 11) is 0. The van der Waals surface area contributed by atoms with Crippen LogP contribution in [-0.2, 0) is 17.8 Å². The van der Waals surface area contributed by atoms with Crippen molar-refractivity contribution in [3.63, 3.8) is 0 Å². The molecule has 0 heterocycles.